The SMILES string of the molecule is Cc1ccccc1[C@@H](O)[C@H]1CC[C@H]2C(=O)N(Cc3cccc4ccccc34)C(=O)[C@H]2N1. The zero-order valence-corrected chi connectivity index (χ0v) is 17.5. The molecule has 158 valence electrons. The highest BCUT2D eigenvalue weighted by atomic mass is 16.3. The van der Waals surface area contributed by atoms with E-state index in [1.807, 2.05) is 73.7 Å². The molecule has 31 heavy (non-hydrogen) atoms. The number of carbonyl (C=O) groups is 2. The van der Waals surface area contributed by atoms with Gasteiger partial charge in [-0.2, -0.15) is 0 Å². The molecule has 2 aliphatic rings. The number of aryl methyl sites for hydroxylation is 1. The molecule has 5 rings (SSSR count). The number of likely N-dealkylation sites (tertiary alicyclic amines) is 1. The summed E-state index contributed by atoms with van der Waals surface area (Å²) in [5.41, 5.74) is 2.85. The largest absolute Gasteiger partial charge is 0.387 e. The van der Waals surface area contributed by atoms with Crippen molar-refractivity contribution in [3.63, 3.8) is 0 Å². The Morgan fingerprint density at radius 2 is 1.71 bits per heavy atom. The lowest BCUT2D eigenvalue weighted by atomic mass is 9.85. The van der Waals surface area contributed by atoms with Crippen LogP contribution in [0.15, 0.2) is 66.7 Å². The van der Waals surface area contributed by atoms with E-state index in [4.69, 9.17) is 0 Å². The Labute approximate surface area is 181 Å². The van der Waals surface area contributed by atoms with Crippen molar-refractivity contribution in [3.8, 4) is 0 Å². The number of benzene rings is 3. The van der Waals surface area contributed by atoms with Crippen molar-refractivity contribution in [2.24, 2.45) is 5.92 Å². The fourth-order valence-corrected chi connectivity index (χ4v) is 5.08. The van der Waals surface area contributed by atoms with Crippen molar-refractivity contribution in [2.75, 3.05) is 0 Å². The first-order valence-corrected chi connectivity index (χ1v) is 10.9. The van der Waals surface area contributed by atoms with Crippen LogP contribution in [-0.2, 0) is 16.1 Å². The molecule has 0 radical (unpaired) electrons. The van der Waals surface area contributed by atoms with Gasteiger partial charge in [0.25, 0.3) is 0 Å². The van der Waals surface area contributed by atoms with Gasteiger partial charge in [-0.25, -0.2) is 0 Å². The predicted octanol–water partition coefficient (Wildman–Crippen LogP) is 3.49. The Kier molecular flexibility index (Phi) is 5.08. The third-order valence-electron chi connectivity index (χ3n) is 6.80. The molecule has 4 atom stereocenters. The lowest BCUT2D eigenvalue weighted by Gasteiger charge is -2.34. The monoisotopic (exact) mass is 414 g/mol. The maximum absolute atomic E-state index is 13.2. The molecule has 0 aromatic heterocycles. The summed E-state index contributed by atoms with van der Waals surface area (Å²) < 4.78 is 0. The fourth-order valence-electron chi connectivity index (χ4n) is 5.08. The van der Waals surface area contributed by atoms with E-state index < -0.39 is 12.1 Å². The first-order chi connectivity index (χ1) is 15.0. The second kappa shape index (κ2) is 7.91. The zero-order chi connectivity index (χ0) is 21.5. The number of amides is 2. The van der Waals surface area contributed by atoms with E-state index in [2.05, 4.69) is 5.32 Å². The van der Waals surface area contributed by atoms with Gasteiger partial charge in [0.05, 0.1) is 24.6 Å². The van der Waals surface area contributed by atoms with Crippen LogP contribution in [-0.4, -0.2) is 33.9 Å². The third-order valence-corrected chi connectivity index (χ3v) is 6.80. The van der Waals surface area contributed by atoms with Gasteiger partial charge in [0.1, 0.15) is 0 Å². The molecule has 5 heteroatoms. The number of aliphatic hydroxyl groups excluding tert-OH is 1. The molecule has 0 spiro atoms. The summed E-state index contributed by atoms with van der Waals surface area (Å²) in [6, 6.07) is 20.9. The van der Waals surface area contributed by atoms with E-state index in [0.717, 1.165) is 27.5 Å². The first kappa shape index (κ1) is 19.9. The number of hydrogen-bond acceptors (Lipinski definition) is 4. The maximum Gasteiger partial charge on any atom is 0.247 e. The smallest absolute Gasteiger partial charge is 0.247 e. The lowest BCUT2D eigenvalue weighted by molar-refractivity contribution is -0.140. The van der Waals surface area contributed by atoms with Gasteiger partial charge in [-0.05, 0) is 47.2 Å². The van der Waals surface area contributed by atoms with Crippen molar-refractivity contribution < 1.29 is 14.7 Å². The number of nitrogens with zero attached hydrogens (tertiary/aromatic N) is 1. The molecule has 3 aromatic rings. The van der Waals surface area contributed by atoms with Crippen LogP contribution in [0.4, 0.5) is 0 Å². The normalized spacial score (nSPS) is 24.5. The van der Waals surface area contributed by atoms with Gasteiger partial charge >= 0.3 is 0 Å². The molecule has 2 amide bonds. The van der Waals surface area contributed by atoms with E-state index >= 15 is 0 Å². The van der Waals surface area contributed by atoms with Gasteiger partial charge in [-0.1, -0.05) is 66.7 Å². The average Bonchev–Trinajstić information content (AvgIpc) is 3.03. The highest BCUT2D eigenvalue weighted by Crippen LogP contribution is 2.35. The molecule has 0 unspecified atom stereocenters. The standard InChI is InChI=1S/C26H26N2O3/c1-16-7-2-4-11-19(16)24(29)22-14-13-21-23(27-22)26(31)28(25(21)30)15-18-10-6-9-17-8-3-5-12-20(17)18/h2-12,21-24,27,29H,13-15H2,1H3/t21-,22-,23+,24-/m1/s1. The number of rotatable bonds is 4. The molecule has 5 nitrogen and oxygen atoms in total. The van der Waals surface area contributed by atoms with Crippen molar-refractivity contribution >= 4 is 22.6 Å². The molecular weight excluding hydrogens is 388 g/mol. The van der Waals surface area contributed by atoms with Crippen LogP contribution in [0.25, 0.3) is 10.8 Å². The molecule has 2 heterocycles. The van der Waals surface area contributed by atoms with E-state index in [1.165, 1.54) is 4.90 Å². The second-order valence-electron chi connectivity index (χ2n) is 8.64. The first-order valence-electron chi connectivity index (χ1n) is 10.9. The topological polar surface area (TPSA) is 69.6 Å². The molecule has 2 fully saturated rings. The van der Waals surface area contributed by atoms with E-state index in [-0.39, 0.29) is 30.3 Å². The van der Waals surface area contributed by atoms with Crippen molar-refractivity contribution in [2.45, 2.75) is 44.5 Å². The van der Waals surface area contributed by atoms with Crippen molar-refractivity contribution in [3.05, 3.63) is 83.4 Å². The maximum atomic E-state index is 13.2. The molecule has 0 bridgehead atoms. The van der Waals surface area contributed by atoms with Gasteiger partial charge in [0.15, 0.2) is 0 Å². The van der Waals surface area contributed by atoms with Crippen LogP contribution in [0.2, 0.25) is 0 Å². The fraction of sp³-hybridized carbons (Fsp3) is 0.308. The highest BCUT2D eigenvalue weighted by molar-refractivity contribution is 6.07. The molecule has 2 N–H and O–H groups in total. The van der Waals surface area contributed by atoms with Gasteiger partial charge in [0, 0.05) is 6.04 Å². The lowest BCUT2D eigenvalue weighted by Crippen LogP contribution is -2.52. The predicted molar refractivity (Wildman–Crippen MR) is 119 cm³/mol. The van der Waals surface area contributed by atoms with Crippen LogP contribution < -0.4 is 5.32 Å². The van der Waals surface area contributed by atoms with Gasteiger partial charge in [-0.3, -0.25) is 19.8 Å². The van der Waals surface area contributed by atoms with Crippen LogP contribution >= 0.6 is 0 Å². The number of nitrogens with one attached hydrogen (secondary N) is 1. The summed E-state index contributed by atoms with van der Waals surface area (Å²) in [5.74, 6) is -0.660. The molecule has 2 saturated heterocycles. The Bertz CT molecular complexity index is 1150. The Morgan fingerprint density at radius 3 is 2.55 bits per heavy atom. The minimum atomic E-state index is -0.711. The number of aliphatic hydroxyl groups is 1. The van der Waals surface area contributed by atoms with Crippen molar-refractivity contribution in [1.82, 2.24) is 10.2 Å². The van der Waals surface area contributed by atoms with Gasteiger partial charge in [-0.15, -0.1) is 0 Å². The van der Waals surface area contributed by atoms with Gasteiger partial charge in [0.2, 0.25) is 11.8 Å². The second-order valence-corrected chi connectivity index (χ2v) is 8.64. The summed E-state index contributed by atoms with van der Waals surface area (Å²) in [6.07, 6.45) is 0.539. The minimum absolute atomic E-state index is 0.112. The number of fused-ring (bicyclic) bond motifs is 2. The zero-order valence-electron chi connectivity index (χ0n) is 17.5. The van der Waals surface area contributed by atoms with E-state index in [1.54, 1.807) is 0 Å². The molecule has 2 aliphatic heterocycles. The van der Waals surface area contributed by atoms with Crippen LogP contribution in [0.3, 0.4) is 0 Å². The quantitative estimate of drug-likeness (QED) is 0.642. The summed E-state index contributed by atoms with van der Waals surface area (Å²) in [7, 11) is 0. The van der Waals surface area contributed by atoms with Crippen LogP contribution in [0.1, 0.15) is 35.6 Å². The van der Waals surface area contributed by atoms with E-state index in [0.29, 0.717) is 12.8 Å². The van der Waals surface area contributed by atoms with E-state index in [9.17, 15) is 14.7 Å². The molecule has 3 aromatic carbocycles. The van der Waals surface area contributed by atoms with Crippen molar-refractivity contribution in [1.29, 1.82) is 0 Å². The molecule has 0 saturated carbocycles. The van der Waals surface area contributed by atoms with Crippen LogP contribution in [0.5, 0.6) is 0 Å². The number of piperidine rings is 1. The Morgan fingerprint density at radius 1 is 0.968 bits per heavy atom. The number of hydrogen-bond donors (Lipinski definition) is 2. The molecule has 0 aliphatic carbocycles. The Hall–Kier alpha value is -3.02. The van der Waals surface area contributed by atoms with Gasteiger partial charge < -0.3 is 5.11 Å². The average molecular weight is 415 g/mol. The molecular formula is C26H26N2O3. The summed E-state index contributed by atoms with van der Waals surface area (Å²) in [4.78, 5) is 27.7. The minimum Gasteiger partial charge on any atom is -0.387 e. The number of imide groups is 1. The summed E-state index contributed by atoms with van der Waals surface area (Å²) in [5, 5.41) is 16.4. The summed E-state index contributed by atoms with van der Waals surface area (Å²) in [6.45, 7) is 2.25. The number of carbonyl (C=O) groups excluding carboxylic acids is 2. The summed E-state index contributed by atoms with van der Waals surface area (Å²) >= 11 is 0. The third kappa shape index (κ3) is 3.44. The van der Waals surface area contributed by atoms with Crippen LogP contribution in [0, 0.1) is 12.8 Å². The highest BCUT2D eigenvalue weighted by Gasteiger charge is 2.50. The Balaban J connectivity index is 1.37.